The van der Waals surface area contributed by atoms with Gasteiger partial charge in [-0.05, 0) is 61.1 Å². The minimum absolute atomic E-state index is 0.326. The van der Waals surface area contributed by atoms with Crippen molar-refractivity contribution in [2.24, 2.45) is 0 Å². The summed E-state index contributed by atoms with van der Waals surface area (Å²) in [7, 11) is 0. The van der Waals surface area contributed by atoms with E-state index in [-0.39, 0.29) is 5.56 Å². The zero-order valence-corrected chi connectivity index (χ0v) is 19.1. The second kappa shape index (κ2) is 9.36. The SMILES string of the molecule is CC1(Cc2ccc(F)cc2C(F)(F)F)NC(=O)C(C(=O)Nc2ccc(C3CCCCC3)cc2)=C1O. The molecule has 5 nitrogen and oxygen atoms in total. The minimum Gasteiger partial charge on any atom is -0.509 e. The van der Waals surface area contributed by atoms with E-state index in [1.807, 2.05) is 12.1 Å². The Labute approximate surface area is 200 Å². The molecule has 2 aromatic carbocycles. The number of hydrogen-bond acceptors (Lipinski definition) is 3. The molecule has 1 aliphatic heterocycles. The average molecular weight is 490 g/mol. The largest absolute Gasteiger partial charge is 0.509 e. The van der Waals surface area contributed by atoms with Crippen molar-refractivity contribution in [2.45, 2.75) is 63.1 Å². The molecule has 1 saturated carbocycles. The number of carbonyl (C=O) groups is 2. The summed E-state index contributed by atoms with van der Waals surface area (Å²) in [6.07, 6.45) is 0.527. The molecule has 2 aromatic rings. The summed E-state index contributed by atoms with van der Waals surface area (Å²) in [5.41, 5.74) is -2.18. The number of amides is 2. The lowest BCUT2D eigenvalue weighted by Crippen LogP contribution is -2.44. The number of hydrogen-bond donors (Lipinski definition) is 3. The first-order chi connectivity index (χ1) is 16.5. The highest BCUT2D eigenvalue weighted by molar-refractivity contribution is 6.24. The standard InChI is InChI=1S/C26H26F4N2O3/c1-25(14-17-7-10-18(27)13-20(17)26(28,29)30)22(33)21(24(35)32-25)23(34)31-19-11-8-16(9-12-19)15-5-3-2-4-6-15/h7-13,15,33H,2-6,14H2,1H3,(H,31,34)(H,32,35). The van der Waals surface area contributed by atoms with E-state index in [4.69, 9.17) is 0 Å². The monoisotopic (exact) mass is 490 g/mol. The Hall–Kier alpha value is -3.36. The smallest absolute Gasteiger partial charge is 0.416 e. The summed E-state index contributed by atoms with van der Waals surface area (Å²) >= 11 is 0. The van der Waals surface area contributed by atoms with Crippen molar-refractivity contribution in [3.63, 3.8) is 0 Å². The highest BCUT2D eigenvalue weighted by atomic mass is 19.4. The maximum absolute atomic E-state index is 13.4. The van der Waals surface area contributed by atoms with Crippen LogP contribution in [0.3, 0.4) is 0 Å². The fourth-order valence-corrected chi connectivity index (χ4v) is 4.91. The lowest BCUT2D eigenvalue weighted by Gasteiger charge is -2.26. The van der Waals surface area contributed by atoms with E-state index in [1.54, 1.807) is 12.1 Å². The Balaban J connectivity index is 1.53. The molecular formula is C26H26F4N2O3. The van der Waals surface area contributed by atoms with Gasteiger partial charge in [-0.3, -0.25) is 9.59 Å². The third kappa shape index (κ3) is 5.18. The second-order valence-electron chi connectivity index (χ2n) is 9.40. The number of alkyl halides is 3. The molecule has 0 aromatic heterocycles. The maximum atomic E-state index is 13.4. The van der Waals surface area contributed by atoms with E-state index in [0.717, 1.165) is 25.0 Å². The van der Waals surface area contributed by atoms with Crippen molar-refractivity contribution in [3.8, 4) is 0 Å². The minimum atomic E-state index is -4.83. The van der Waals surface area contributed by atoms with E-state index in [2.05, 4.69) is 10.6 Å². The number of anilines is 1. The van der Waals surface area contributed by atoms with Crippen LogP contribution in [-0.2, 0) is 22.2 Å². The Morgan fingerprint density at radius 1 is 1.11 bits per heavy atom. The van der Waals surface area contributed by atoms with Crippen molar-refractivity contribution in [3.05, 3.63) is 76.3 Å². The molecule has 3 N–H and O–H groups in total. The highest BCUT2D eigenvalue weighted by Gasteiger charge is 2.46. The molecule has 2 amide bonds. The number of halogens is 4. The van der Waals surface area contributed by atoms with Gasteiger partial charge in [0.05, 0.1) is 11.1 Å². The number of carbonyl (C=O) groups excluding carboxylic acids is 2. The van der Waals surface area contributed by atoms with Crippen LogP contribution < -0.4 is 10.6 Å². The summed E-state index contributed by atoms with van der Waals surface area (Å²) in [4.78, 5) is 25.4. The summed E-state index contributed by atoms with van der Waals surface area (Å²) in [5.74, 6) is -3.02. The first-order valence-corrected chi connectivity index (χ1v) is 11.5. The predicted octanol–water partition coefficient (Wildman–Crippen LogP) is 5.77. The van der Waals surface area contributed by atoms with Crippen molar-refractivity contribution in [1.29, 1.82) is 0 Å². The first-order valence-electron chi connectivity index (χ1n) is 11.5. The fourth-order valence-electron chi connectivity index (χ4n) is 4.91. The van der Waals surface area contributed by atoms with Crippen LogP contribution in [0.1, 0.15) is 61.6 Å². The summed E-state index contributed by atoms with van der Waals surface area (Å²) in [5, 5.41) is 15.7. The van der Waals surface area contributed by atoms with Crippen LogP contribution in [0.25, 0.3) is 0 Å². The van der Waals surface area contributed by atoms with Crippen molar-refractivity contribution in [1.82, 2.24) is 5.32 Å². The third-order valence-electron chi connectivity index (χ3n) is 6.77. The lowest BCUT2D eigenvalue weighted by molar-refractivity contribution is -0.138. The van der Waals surface area contributed by atoms with Crippen LogP contribution >= 0.6 is 0 Å². The van der Waals surface area contributed by atoms with Gasteiger partial charge < -0.3 is 15.7 Å². The van der Waals surface area contributed by atoms with E-state index in [0.29, 0.717) is 17.7 Å². The summed E-state index contributed by atoms with van der Waals surface area (Å²) < 4.78 is 53.7. The predicted molar refractivity (Wildman–Crippen MR) is 122 cm³/mol. The maximum Gasteiger partial charge on any atom is 0.416 e. The molecule has 0 saturated heterocycles. The zero-order valence-electron chi connectivity index (χ0n) is 19.1. The Morgan fingerprint density at radius 2 is 1.77 bits per heavy atom. The van der Waals surface area contributed by atoms with E-state index in [9.17, 15) is 32.3 Å². The molecule has 0 radical (unpaired) electrons. The molecule has 4 rings (SSSR count). The molecule has 0 spiro atoms. The molecule has 1 atom stereocenters. The number of nitrogens with one attached hydrogen (secondary N) is 2. The molecule has 35 heavy (non-hydrogen) atoms. The fraction of sp³-hybridized carbons (Fsp3) is 0.385. The number of aliphatic hydroxyl groups is 1. The molecule has 1 fully saturated rings. The van der Waals surface area contributed by atoms with Gasteiger partial charge in [-0.15, -0.1) is 0 Å². The molecule has 9 heteroatoms. The average Bonchev–Trinajstić information content (AvgIpc) is 3.03. The third-order valence-corrected chi connectivity index (χ3v) is 6.77. The van der Waals surface area contributed by atoms with Crippen LogP contribution in [0.2, 0.25) is 0 Å². The van der Waals surface area contributed by atoms with Gasteiger partial charge >= 0.3 is 6.18 Å². The van der Waals surface area contributed by atoms with Gasteiger partial charge in [0.15, 0.2) is 0 Å². The van der Waals surface area contributed by atoms with Gasteiger partial charge in [-0.2, -0.15) is 13.2 Å². The van der Waals surface area contributed by atoms with Gasteiger partial charge in [0.2, 0.25) is 0 Å². The van der Waals surface area contributed by atoms with Crippen LogP contribution in [0.5, 0.6) is 0 Å². The molecule has 186 valence electrons. The lowest BCUT2D eigenvalue weighted by atomic mass is 9.84. The molecule has 2 aliphatic rings. The van der Waals surface area contributed by atoms with E-state index >= 15 is 0 Å². The molecule has 1 aliphatic carbocycles. The van der Waals surface area contributed by atoms with Gasteiger partial charge in [-0.1, -0.05) is 37.5 Å². The van der Waals surface area contributed by atoms with E-state index in [1.165, 1.54) is 31.7 Å². The van der Waals surface area contributed by atoms with Gasteiger partial charge in [-0.25, -0.2) is 4.39 Å². The summed E-state index contributed by atoms with van der Waals surface area (Å²) in [6.45, 7) is 1.31. The Morgan fingerprint density at radius 3 is 2.40 bits per heavy atom. The first kappa shape index (κ1) is 24.8. The Bertz CT molecular complexity index is 1170. The van der Waals surface area contributed by atoms with Crippen molar-refractivity contribution >= 4 is 17.5 Å². The normalized spacial score (nSPS) is 21.2. The molecular weight excluding hydrogens is 464 g/mol. The highest BCUT2D eigenvalue weighted by Crippen LogP contribution is 2.37. The topological polar surface area (TPSA) is 78.4 Å². The van der Waals surface area contributed by atoms with Gasteiger partial charge in [0, 0.05) is 12.1 Å². The number of rotatable bonds is 5. The van der Waals surface area contributed by atoms with Gasteiger partial charge in [0.25, 0.3) is 11.8 Å². The van der Waals surface area contributed by atoms with Crippen molar-refractivity contribution < 1.29 is 32.3 Å². The molecule has 1 heterocycles. The number of aliphatic hydroxyl groups excluding tert-OH is 1. The molecule has 0 bridgehead atoms. The summed E-state index contributed by atoms with van der Waals surface area (Å²) in [6, 6.07) is 9.47. The molecule has 1 unspecified atom stereocenters. The van der Waals surface area contributed by atoms with E-state index < -0.39 is 52.7 Å². The van der Waals surface area contributed by atoms with Crippen LogP contribution in [0.15, 0.2) is 53.8 Å². The zero-order chi connectivity index (χ0) is 25.4. The van der Waals surface area contributed by atoms with Crippen molar-refractivity contribution in [2.75, 3.05) is 5.32 Å². The quantitative estimate of drug-likeness (QED) is 0.368. The van der Waals surface area contributed by atoms with Crippen LogP contribution in [0, 0.1) is 5.82 Å². The second-order valence-corrected chi connectivity index (χ2v) is 9.40. The van der Waals surface area contributed by atoms with Crippen LogP contribution in [0.4, 0.5) is 23.2 Å². The van der Waals surface area contributed by atoms with Crippen LogP contribution in [-0.4, -0.2) is 22.5 Å². The number of benzene rings is 2. The Kier molecular flexibility index (Phi) is 6.62. The van der Waals surface area contributed by atoms with Gasteiger partial charge in [0.1, 0.15) is 17.1 Å².